The molecule has 114 valence electrons. The van der Waals surface area contributed by atoms with Gasteiger partial charge in [-0.3, -0.25) is 0 Å². The van der Waals surface area contributed by atoms with E-state index >= 15 is 0 Å². The van der Waals surface area contributed by atoms with Gasteiger partial charge in [0, 0.05) is 0 Å². The fourth-order valence-electron chi connectivity index (χ4n) is 0.658. The van der Waals surface area contributed by atoms with Crippen LogP contribution in [0.1, 0.15) is 102 Å². The van der Waals surface area contributed by atoms with E-state index in [0.29, 0.717) is 10.8 Å². The van der Waals surface area contributed by atoms with Gasteiger partial charge in [0.15, 0.2) is 0 Å². The minimum Gasteiger partial charge on any atom is -0.0656 e. The van der Waals surface area contributed by atoms with E-state index in [0.717, 1.165) is 5.92 Å². The molecule has 0 bridgehead atoms. The smallest absolute Gasteiger partial charge is 0.0334 e. The van der Waals surface area contributed by atoms with Crippen molar-refractivity contribution in [1.82, 2.24) is 0 Å². The van der Waals surface area contributed by atoms with E-state index in [4.69, 9.17) is 0 Å². The molecule has 0 unspecified atom stereocenters. The summed E-state index contributed by atoms with van der Waals surface area (Å²) < 4.78 is 0. The maximum atomic E-state index is 2.32. The third-order valence-electron chi connectivity index (χ3n) is 4.39. The molecule has 0 aromatic heterocycles. The summed E-state index contributed by atoms with van der Waals surface area (Å²) in [4.78, 5) is 0. The monoisotopic (exact) mass is 258 g/mol. The molecule has 0 nitrogen and oxygen atoms in total. The summed E-state index contributed by atoms with van der Waals surface area (Å²) in [7, 11) is 0. The Labute approximate surface area is 119 Å². The predicted octanol–water partition coefficient (Wildman–Crippen LogP) is 7.33. The van der Waals surface area contributed by atoms with Crippen LogP contribution in [0.3, 0.4) is 0 Å². The van der Waals surface area contributed by atoms with Crippen molar-refractivity contribution in [1.29, 1.82) is 0 Å². The standard InChI is InChI=1S/C8H18.C7H16.C3H8/c1-6-8(4,5)7(2)3;1-5-7(3,4)6-2;1-3-2/h7H,6H2,1-5H3;5-6H2,1-4H3;3H2,1-2H3. The van der Waals surface area contributed by atoms with Crippen LogP contribution in [0.15, 0.2) is 0 Å². The Morgan fingerprint density at radius 2 is 0.944 bits per heavy atom. The highest BCUT2D eigenvalue weighted by atomic mass is 14.2. The van der Waals surface area contributed by atoms with Gasteiger partial charge < -0.3 is 0 Å². The van der Waals surface area contributed by atoms with E-state index in [9.17, 15) is 0 Å². The Bertz CT molecular complexity index is 145. The normalized spacial score (nSPS) is 11.3. The molecule has 0 radical (unpaired) electrons. The lowest BCUT2D eigenvalue weighted by molar-refractivity contribution is 0.240. The van der Waals surface area contributed by atoms with Crippen LogP contribution in [0.5, 0.6) is 0 Å². The summed E-state index contributed by atoms with van der Waals surface area (Å²) in [5, 5.41) is 0. The fraction of sp³-hybridized carbons (Fsp3) is 1.00. The zero-order valence-corrected chi connectivity index (χ0v) is 15.4. The summed E-state index contributed by atoms with van der Waals surface area (Å²) in [6, 6.07) is 0. The van der Waals surface area contributed by atoms with Gasteiger partial charge in [0.2, 0.25) is 0 Å². The molecule has 0 spiro atoms. The SMILES string of the molecule is CCC.CCC(C)(C)C(C)C.CCC(C)(C)CC. The van der Waals surface area contributed by atoms with Crippen LogP contribution in [-0.4, -0.2) is 0 Å². The largest absolute Gasteiger partial charge is 0.0656 e. The topological polar surface area (TPSA) is 0 Å². The van der Waals surface area contributed by atoms with Crippen molar-refractivity contribution in [2.75, 3.05) is 0 Å². The van der Waals surface area contributed by atoms with Crippen LogP contribution in [-0.2, 0) is 0 Å². The maximum Gasteiger partial charge on any atom is -0.0334 e. The molecule has 0 saturated heterocycles. The summed E-state index contributed by atoms with van der Waals surface area (Å²) in [5.74, 6) is 0.812. The molecule has 0 N–H and O–H groups in total. The molecule has 0 saturated carbocycles. The average molecular weight is 259 g/mol. The van der Waals surface area contributed by atoms with Crippen molar-refractivity contribution in [3.63, 3.8) is 0 Å². The van der Waals surface area contributed by atoms with Crippen LogP contribution in [0, 0.1) is 16.7 Å². The minimum absolute atomic E-state index is 0.542. The lowest BCUT2D eigenvalue weighted by Crippen LogP contribution is -2.17. The first-order valence-corrected chi connectivity index (χ1v) is 8.04. The molecule has 0 fully saturated rings. The second-order valence-electron chi connectivity index (χ2n) is 7.08. The number of hydrogen-bond acceptors (Lipinski definition) is 0. The minimum atomic E-state index is 0.542. The summed E-state index contributed by atoms with van der Waals surface area (Å²) >= 11 is 0. The van der Waals surface area contributed by atoms with E-state index in [2.05, 4.69) is 76.2 Å². The van der Waals surface area contributed by atoms with Crippen LogP contribution in [0.2, 0.25) is 0 Å². The second kappa shape index (κ2) is 12.1. The summed E-state index contributed by atoms with van der Waals surface area (Å²) in [6.45, 7) is 24.8. The van der Waals surface area contributed by atoms with Crippen molar-refractivity contribution in [2.24, 2.45) is 16.7 Å². The van der Waals surface area contributed by atoms with Crippen molar-refractivity contribution < 1.29 is 0 Å². The Balaban J connectivity index is -0.000000207. The van der Waals surface area contributed by atoms with E-state index in [1.807, 2.05) is 0 Å². The van der Waals surface area contributed by atoms with Crippen molar-refractivity contribution >= 4 is 0 Å². The lowest BCUT2D eigenvalue weighted by atomic mass is 9.79. The zero-order chi connectivity index (χ0) is 15.4. The van der Waals surface area contributed by atoms with Crippen LogP contribution < -0.4 is 0 Å². The van der Waals surface area contributed by atoms with Gasteiger partial charge in [0.25, 0.3) is 0 Å². The van der Waals surface area contributed by atoms with Gasteiger partial charge in [-0.05, 0) is 16.7 Å². The molecule has 0 heteroatoms. The number of rotatable bonds is 4. The van der Waals surface area contributed by atoms with Gasteiger partial charge in [-0.2, -0.15) is 0 Å². The third-order valence-corrected chi connectivity index (χ3v) is 4.39. The molecular weight excluding hydrogens is 216 g/mol. The molecule has 0 aliphatic carbocycles. The van der Waals surface area contributed by atoms with E-state index < -0.39 is 0 Å². The van der Waals surface area contributed by atoms with Crippen molar-refractivity contribution in [3.05, 3.63) is 0 Å². The molecule has 0 amide bonds. The number of hydrogen-bond donors (Lipinski definition) is 0. The summed E-state index contributed by atoms with van der Waals surface area (Å²) in [6.07, 6.45) is 5.12. The molecule has 0 atom stereocenters. The van der Waals surface area contributed by atoms with Gasteiger partial charge >= 0.3 is 0 Å². The Hall–Kier alpha value is 0. The Morgan fingerprint density at radius 3 is 0.944 bits per heavy atom. The quantitative estimate of drug-likeness (QED) is 0.495. The molecular formula is C18H42. The Kier molecular flexibility index (Phi) is 15.5. The van der Waals surface area contributed by atoms with Gasteiger partial charge in [-0.25, -0.2) is 0 Å². The Morgan fingerprint density at radius 1 is 0.667 bits per heavy atom. The van der Waals surface area contributed by atoms with E-state index in [-0.39, 0.29) is 0 Å². The first-order chi connectivity index (χ1) is 8.04. The predicted molar refractivity (Wildman–Crippen MR) is 89.2 cm³/mol. The van der Waals surface area contributed by atoms with Gasteiger partial charge in [-0.15, -0.1) is 0 Å². The first kappa shape index (κ1) is 23.1. The van der Waals surface area contributed by atoms with Gasteiger partial charge in [0.05, 0.1) is 0 Å². The molecule has 18 heavy (non-hydrogen) atoms. The fourth-order valence-corrected chi connectivity index (χ4v) is 0.658. The van der Waals surface area contributed by atoms with Gasteiger partial charge in [-0.1, -0.05) is 102 Å². The molecule has 0 aliphatic rings. The third kappa shape index (κ3) is 16.0. The molecule has 0 aromatic rings. The van der Waals surface area contributed by atoms with E-state index in [1.165, 1.54) is 25.7 Å². The first-order valence-electron chi connectivity index (χ1n) is 8.04. The van der Waals surface area contributed by atoms with Crippen molar-refractivity contribution in [2.45, 2.75) is 102 Å². The summed E-state index contributed by atoms with van der Waals surface area (Å²) in [5.41, 5.74) is 1.12. The van der Waals surface area contributed by atoms with Crippen LogP contribution in [0.4, 0.5) is 0 Å². The maximum absolute atomic E-state index is 2.32. The highest BCUT2D eigenvalue weighted by Gasteiger charge is 2.18. The molecule has 0 aliphatic heterocycles. The molecule has 0 rings (SSSR count). The lowest BCUT2D eigenvalue weighted by Gasteiger charge is -2.27. The van der Waals surface area contributed by atoms with Crippen LogP contribution >= 0.6 is 0 Å². The highest BCUT2D eigenvalue weighted by Crippen LogP contribution is 2.28. The van der Waals surface area contributed by atoms with E-state index in [1.54, 1.807) is 0 Å². The molecule has 0 heterocycles. The average Bonchev–Trinajstić information content (AvgIpc) is 2.30. The van der Waals surface area contributed by atoms with Crippen LogP contribution in [0.25, 0.3) is 0 Å². The highest BCUT2D eigenvalue weighted by molar-refractivity contribution is 4.69. The molecule has 0 aromatic carbocycles. The van der Waals surface area contributed by atoms with Crippen molar-refractivity contribution in [3.8, 4) is 0 Å². The zero-order valence-electron chi connectivity index (χ0n) is 15.4. The van der Waals surface area contributed by atoms with Gasteiger partial charge in [0.1, 0.15) is 0 Å². The second-order valence-corrected chi connectivity index (χ2v) is 7.08.